The summed E-state index contributed by atoms with van der Waals surface area (Å²) < 4.78 is 2.01. The molecule has 0 radical (unpaired) electrons. The van der Waals surface area contributed by atoms with E-state index in [9.17, 15) is 0 Å². The minimum Gasteiger partial charge on any atom is -0.354 e. The van der Waals surface area contributed by atoms with Gasteiger partial charge in [-0.05, 0) is 0 Å². The molecule has 0 amide bonds. The van der Waals surface area contributed by atoms with E-state index in [0.29, 0.717) is 0 Å². The van der Waals surface area contributed by atoms with E-state index in [0.717, 1.165) is 19.0 Å². The van der Waals surface area contributed by atoms with Gasteiger partial charge in [0.2, 0.25) is 5.95 Å². The molecule has 2 heterocycles. The zero-order valence-corrected chi connectivity index (χ0v) is 9.96. The first-order valence-corrected chi connectivity index (χ1v) is 6.53. The highest BCUT2D eigenvalue weighted by atomic mass is 32.2. The van der Waals surface area contributed by atoms with Gasteiger partial charge in [0.15, 0.2) is 0 Å². The second-order valence-corrected chi connectivity index (χ2v) is 4.97. The molecule has 1 fully saturated rings. The third kappa shape index (κ3) is 3.14. The number of aromatic nitrogens is 2. The van der Waals surface area contributed by atoms with Crippen LogP contribution in [0.4, 0.5) is 5.95 Å². The van der Waals surface area contributed by atoms with Gasteiger partial charge in [-0.25, -0.2) is 4.98 Å². The SMILES string of the molecule is Cn1ccnc1NCCN1CCSCC1. The van der Waals surface area contributed by atoms with Crippen LogP contribution in [0.5, 0.6) is 0 Å². The highest BCUT2D eigenvalue weighted by Crippen LogP contribution is 2.08. The summed E-state index contributed by atoms with van der Waals surface area (Å²) in [6.07, 6.45) is 3.78. The van der Waals surface area contributed by atoms with E-state index in [2.05, 4.69) is 27.0 Å². The Labute approximate surface area is 95.1 Å². The molecular formula is C10H18N4S. The van der Waals surface area contributed by atoms with Crippen LogP contribution >= 0.6 is 11.8 Å². The summed E-state index contributed by atoms with van der Waals surface area (Å²) in [5, 5.41) is 3.34. The van der Waals surface area contributed by atoms with Gasteiger partial charge < -0.3 is 9.88 Å². The van der Waals surface area contributed by atoms with Crippen molar-refractivity contribution in [2.24, 2.45) is 7.05 Å². The second kappa shape index (κ2) is 5.42. The zero-order chi connectivity index (χ0) is 10.5. The molecule has 84 valence electrons. The molecule has 0 bridgehead atoms. The number of nitrogens with one attached hydrogen (secondary N) is 1. The van der Waals surface area contributed by atoms with Crippen LogP contribution in [0.2, 0.25) is 0 Å². The molecule has 1 aliphatic heterocycles. The minimum atomic E-state index is 0.960. The lowest BCUT2D eigenvalue weighted by Crippen LogP contribution is -2.36. The van der Waals surface area contributed by atoms with Crippen LogP contribution in [0.3, 0.4) is 0 Å². The lowest BCUT2D eigenvalue weighted by Gasteiger charge is -2.26. The van der Waals surface area contributed by atoms with Crippen molar-refractivity contribution in [1.29, 1.82) is 0 Å². The van der Waals surface area contributed by atoms with Crippen LogP contribution in [-0.2, 0) is 7.05 Å². The number of anilines is 1. The van der Waals surface area contributed by atoms with Crippen molar-refractivity contribution in [3.8, 4) is 0 Å². The molecule has 1 aromatic heterocycles. The van der Waals surface area contributed by atoms with Crippen molar-refractivity contribution < 1.29 is 0 Å². The van der Waals surface area contributed by atoms with Gasteiger partial charge in [-0.15, -0.1) is 0 Å². The van der Waals surface area contributed by atoms with Crippen molar-refractivity contribution in [3.05, 3.63) is 12.4 Å². The number of aryl methyl sites for hydroxylation is 1. The Hall–Kier alpha value is -0.680. The highest BCUT2D eigenvalue weighted by molar-refractivity contribution is 7.99. The van der Waals surface area contributed by atoms with E-state index >= 15 is 0 Å². The molecule has 15 heavy (non-hydrogen) atoms. The van der Waals surface area contributed by atoms with Crippen molar-refractivity contribution in [2.75, 3.05) is 43.0 Å². The average Bonchev–Trinajstić information content (AvgIpc) is 2.66. The second-order valence-electron chi connectivity index (χ2n) is 3.74. The van der Waals surface area contributed by atoms with E-state index in [1.54, 1.807) is 0 Å². The quantitative estimate of drug-likeness (QED) is 0.826. The van der Waals surface area contributed by atoms with E-state index in [1.807, 2.05) is 24.0 Å². The number of hydrogen-bond acceptors (Lipinski definition) is 4. The van der Waals surface area contributed by atoms with Crippen molar-refractivity contribution in [2.45, 2.75) is 0 Å². The van der Waals surface area contributed by atoms with E-state index < -0.39 is 0 Å². The Morgan fingerprint density at radius 2 is 2.27 bits per heavy atom. The topological polar surface area (TPSA) is 33.1 Å². The molecule has 1 aliphatic rings. The van der Waals surface area contributed by atoms with Gasteiger partial charge in [-0.1, -0.05) is 0 Å². The largest absolute Gasteiger partial charge is 0.354 e. The van der Waals surface area contributed by atoms with Gasteiger partial charge in [0.1, 0.15) is 0 Å². The fraction of sp³-hybridized carbons (Fsp3) is 0.700. The molecule has 1 N–H and O–H groups in total. The molecule has 4 nitrogen and oxygen atoms in total. The fourth-order valence-corrected chi connectivity index (χ4v) is 2.67. The highest BCUT2D eigenvalue weighted by Gasteiger charge is 2.09. The average molecular weight is 226 g/mol. The Morgan fingerprint density at radius 3 is 2.93 bits per heavy atom. The summed E-state index contributed by atoms with van der Waals surface area (Å²) in [5.41, 5.74) is 0. The number of nitrogens with zero attached hydrogens (tertiary/aromatic N) is 3. The fourth-order valence-electron chi connectivity index (χ4n) is 1.69. The summed E-state index contributed by atoms with van der Waals surface area (Å²) in [4.78, 5) is 6.73. The first-order valence-electron chi connectivity index (χ1n) is 5.37. The molecule has 5 heteroatoms. The Kier molecular flexibility index (Phi) is 3.91. The standard InChI is InChI=1S/C10H18N4S/c1-13-4-2-11-10(13)12-3-5-14-6-8-15-9-7-14/h2,4H,3,5-9H2,1H3,(H,11,12). The molecule has 1 aromatic rings. The summed E-state index contributed by atoms with van der Waals surface area (Å²) >= 11 is 2.05. The predicted molar refractivity (Wildman–Crippen MR) is 65.5 cm³/mol. The van der Waals surface area contributed by atoms with Crippen LogP contribution in [-0.4, -0.2) is 52.1 Å². The maximum absolute atomic E-state index is 4.23. The van der Waals surface area contributed by atoms with Crippen molar-refractivity contribution in [3.63, 3.8) is 0 Å². The van der Waals surface area contributed by atoms with Crippen LogP contribution in [0.15, 0.2) is 12.4 Å². The van der Waals surface area contributed by atoms with E-state index in [4.69, 9.17) is 0 Å². The van der Waals surface area contributed by atoms with Gasteiger partial charge in [-0.3, -0.25) is 4.90 Å². The van der Waals surface area contributed by atoms with Crippen LogP contribution in [0.1, 0.15) is 0 Å². The predicted octanol–water partition coefficient (Wildman–Crippen LogP) is 0.881. The third-order valence-electron chi connectivity index (χ3n) is 2.64. The first-order chi connectivity index (χ1) is 7.36. The maximum Gasteiger partial charge on any atom is 0.202 e. The molecule has 2 rings (SSSR count). The molecule has 0 unspecified atom stereocenters. The normalized spacial score (nSPS) is 17.9. The summed E-state index contributed by atoms with van der Waals surface area (Å²) in [7, 11) is 2.01. The molecule has 0 atom stereocenters. The maximum atomic E-state index is 4.23. The van der Waals surface area contributed by atoms with Gasteiger partial charge in [-0.2, -0.15) is 11.8 Å². The van der Waals surface area contributed by atoms with Gasteiger partial charge >= 0.3 is 0 Å². The molecular weight excluding hydrogens is 208 g/mol. The molecule has 0 aromatic carbocycles. The molecule has 0 spiro atoms. The third-order valence-corrected chi connectivity index (χ3v) is 3.58. The first kappa shape index (κ1) is 10.8. The monoisotopic (exact) mass is 226 g/mol. The Bertz CT molecular complexity index is 293. The lowest BCUT2D eigenvalue weighted by atomic mass is 10.4. The Balaban J connectivity index is 1.68. The lowest BCUT2D eigenvalue weighted by molar-refractivity contribution is 0.314. The van der Waals surface area contributed by atoms with Crippen LogP contribution < -0.4 is 5.32 Å². The van der Waals surface area contributed by atoms with Gasteiger partial charge in [0.25, 0.3) is 0 Å². The van der Waals surface area contributed by atoms with Gasteiger partial charge in [0, 0.05) is 57.1 Å². The summed E-state index contributed by atoms with van der Waals surface area (Å²) in [6.45, 7) is 4.56. The minimum absolute atomic E-state index is 0.960. The van der Waals surface area contributed by atoms with E-state index in [1.165, 1.54) is 24.6 Å². The Morgan fingerprint density at radius 1 is 1.47 bits per heavy atom. The molecule has 0 aliphatic carbocycles. The number of imidazole rings is 1. The van der Waals surface area contributed by atoms with Crippen molar-refractivity contribution in [1.82, 2.24) is 14.5 Å². The van der Waals surface area contributed by atoms with Crippen molar-refractivity contribution >= 4 is 17.7 Å². The number of hydrogen-bond donors (Lipinski definition) is 1. The van der Waals surface area contributed by atoms with Crippen LogP contribution in [0, 0.1) is 0 Å². The molecule has 1 saturated heterocycles. The summed E-state index contributed by atoms with van der Waals surface area (Å²) in [5.74, 6) is 3.52. The van der Waals surface area contributed by atoms with E-state index in [-0.39, 0.29) is 0 Å². The number of rotatable bonds is 4. The molecule has 0 saturated carbocycles. The smallest absolute Gasteiger partial charge is 0.202 e. The van der Waals surface area contributed by atoms with Crippen LogP contribution in [0.25, 0.3) is 0 Å². The zero-order valence-electron chi connectivity index (χ0n) is 9.15. The summed E-state index contributed by atoms with van der Waals surface area (Å²) in [6, 6.07) is 0. The number of thioether (sulfide) groups is 1. The van der Waals surface area contributed by atoms with Gasteiger partial charge in [0.05, 0.1) is 0 Å².